The number of nitrogens with one attached hydrogen (secondary N) is 1. The maximum atomic E-state index is 13.5. The van der Waals surface area contributed by atoms with E-state index in [9.17, 15) is 4.79 Å². The molecule has 5 nitrogen and oxygen atoms in total. The van der Waals surface area contributed by atoms with Gasteiger partial charge in [-0.3, -0.25) is 4.79 Å². The number of rotatable bonds is 8. The van der Waals surface area contributed by atoms with Gasteiger partial charge in [-0.15, -0.1) is 0 Å². The molecular weight excluding hydrogens is 457 g/mol. The van der Waals surface area contributed by atoms with Crippen molar-refractivity contribution in [2.45, 2.75) is 32.2 Å². The van der Waals surface area contributed by atoms with Crippen molar-refractivity contribution in [2.75, 3.05) is 12.4 Å². The molecule has 4 aromatic rings. The van der Waals surface area contributed by atoms with Gasteiger partial charge in [0.1, 0.15) is 17.6 Å². The van der Waals surface area contributed by atoms with E-state index in [2.05, 4.69) is 16.8 Å². The van der Waals surface area contributed by atoms with Crippen LogP contribution in [0.5, 0.6) is 5.75 Å². The molecule has 0 aliphatic rings. The molecule has 170 valence electrons. The summed E-state index contributed by atoms with van der Waals surface area (Å²) >= 11 is 12.3. The zero-order chi connectivity index (χ0) is 23.4. The quantitative estimate of drug-likeness (QED) is 0.297. The molecule has 1 heterocycles. The molecule has 0 spiro atoms. The van der Waals surface area contributed by atoms with Gasteiger partial charge in [-0.25, -0.2) is 4.98 Å². The van der Waals surface area contributed by atoms with E-state index in [0.717, 1.165) is 40.3 Å². The summed E-state index contributed by atoms with van der Waals surface area (Å²) in [6, 6.07) is 20.4. The summed E-state index contributed by atoms with van der Waals surface area (Å²) in [4.78, 5) is 18.3. The summed E-state index contributed by atoms with van der Waals surface area (Å²) in [5.41, 5.74) is 3.48. The van der Waals surface area contributed by atoms with E-state index < -0.39 is 6.04 Å². The summed E-state index contributed by atoms with van der Waals surface area (Å²) < 4.78 is 7.27. The van der Waals surface area contributed by atoms with Crippen molar-refractivity contribution >= 4 is 45.8 Å². The maximum Gasteiger partial charge on any atom is 0.247 e. The molecule has 1 N–H and O–H groups in total. The van der Waals surface area contributed by atoms with Crippen molar-refractivity contribution in [3.8, 4) is 5.75 Å². The number of halogens is 2. The number of carbonyl (C=O) groups excluding carboxylic acids is 1. The van der Waals surface area contributed by atoms with Crippen LogP contribution in [0.1, 0.15) is 37.2 Å². The number of nitrogens with zero attached hydrogens (tertiary/aromatic N) is 2. The van der Waals surface area contributed by atoms with Crippen LogP contribution in [0.25, 0.3) is 11.0 Å². The average molecular weight is 482 g/mol. The minimum Gasteiger partial charge on any atom is -0.497 e. The van der Waals surface area contributed by atoms with E-state index in [-0.39, 0.29) is 5.91 Å². The van der Waals surface area contributed by atoms with Gasteiger partial charge in [0.15, 0.2) is 0 Å². The molecule has 0 saturated heterocycles. The van der Waals surface area contributed by atoms with Gasteiger partial charge in [0.25, 0.3) is 0 Å². The summed E-state index contributed by atoms with van der Waals surface area (Å²) in [6.45, 7) is 2.07. The van der Waals surface area contributed by atoms with Gasteiger partial charge in [0, 0.05) is 12.1 Å². The van der Waals surface area contributed by atoms with E-state index in [1.165, 1.54) is 0 Å². The van der Waals surface area contributed by atoms with Crippen molar-refractivity contribution in [2.24, 2.45) is 0 Å². The first-order valence-corrected chi connectivity index (χ1v) is 11.6. The highest BCUT2D eigenvalue weighted by Crippen LogP contribution is 2.29. The number of hydrogen-bond donors (Lipinski definition) is 1. The lowest BCUT2D eigenvalue weighted by atomic mass is 10.1. The van der Waals surface area contributed by atoms with Crippen LogP contribution in [0.15, 0.2) is 66.7 Å². The normalized spacial score (nSPS) is 12.0. The van der Waals surface area contributed by atoms with Crippen molar-refractivity contribution in [3.05, 3.63) is 88.2 Å². The van der Waals surface area contributed by atoms with Crippen LogP contribution < -0.4 is 10.1 Å². The molecule has 1 amide bonds. The number of anilines is 1. The second-order valence-electron chi connectivity index (χ2n) is 7.83. The molecule has 4 rings (SSSR count). The Bertz CT molecular complexity index is 1270. The summed E-state index contributed by atoms with van der Waals surface area (Å²) in [6.07, 6.45) is 2.05. The highest BCUT2D eigenvalue weighted by Gasteiger charge is 2.25. The van der Waals surface area contributed by atoms with E-state index >= 15 is 0 Å². The minimum absolute atomic E-state index is 0.0828. The minimum atomic E-state index is -0.415. The third-order valence-electron chi connectivity index (χ3n) is 5.55. The molecule has 3 aromatic carbocycles. The topological polar surface area (TPSA) is 56.1 Å². The number of imidazole rings is 1. The fourth-order valence-electron chi connectivity index (χ4n) is 3.95. The van der Waals surface area contributed by atoms with Crippen LogP contribution in [0.4, 0.5) is 5.69 Å². The molecule has 33 heavy (non-hydrogen) atoms. The van der Waals surface area contributed by atoms with Crippen molar-refractivity contribution < 1.29 is 9.53 Å². The molecule has 0 unspecified atom stereocenters. The highest BCUT2D eigenvalue weighted by molar-refractivity contribution is 6.42. The summed E-state index contributed by atoms with van der Waals surface area (Å²) in [5, 5.41) is 4.07. The van der Waals surface area contributed by atoms with Crippen LogP contribution >= 0.6 is 23.2 Å². The van der Waals surface area contributed by atoms with Gasteiger partial charge in [-0.1, -0.05) is 54.7 Å². The smallest absolute Gasteiger partial charge is 0.247 e. The van der Waals surface area contributed by atoms with E-state index in [0.29, 0.717) is 22.9 Å². The van der Waals surface area contributed by atoms with Crippen molar-refractivity contribution in [3.63, 3.8) is 0 Å². The molecule has 1 atom stereocenters. The predicted molar refractivity (Wildman–Crippen MR) is 135 cm³/mol. The monoisotopic (exact) mass is 481 g/mol. The third-order valence-corrected chi connectivity index (χ3v) is 6.29. The van der Waals surface area contributed by atoms with Gasteiger partial charge in [-0.2, -0.15) is 0 Å². The number of aromatic nitrogens is 2. The van der Waals surface area contributed by atoms with Crippen LogP contribution in [-0.4, -0.2) is 22.6 Å². The fraction of sp³-hybridized carbons (Fsp3) is 0.231. The Morgan fingerprint density at radius 3 is 2.52 bits per heavy atom. The van der Waals surface area contributed by atoms with Gasteiger partial charge in [0.2, 0.25) is 5.91 Å². The summed E-state index contributed by atoms with van der Waals surface area (Å²) in [7, 11) is 1.62. The second-order valence-corrected chi connectivity index (χ2v) is 8.65. The number of para-hydroxylation sites is 2. The molecule has 0 saturated carbocycles. The number of amides is 1. The summed E-state index contributed by atoms with van der Waals surface area (Å²) in [5.74, 6) is 1.46. The zero-order valence-corrected chi connectivity index (χ0v) is 20.0. The zero-order valence-electron chi connectivity index (χ0n) is 18.5. The third kappa shape index (κ3) is 5.15. The van der Waals surface area contributed by atoms with E-state index in [1.807, 2.05) is 60.7 Å². The van der Waals surface area contributed by atoms with Crippen LogP contribution in [0.3, 0.4) is 0 Å². The molecular formula is C26H25Cl2N3O2. The van der Waals surface area contributed by atoms with Crippen LogP contribution in [-0.2, 0) is 11.2 Å². The number of fused-ring (bicyclic) bond motifs is 1. The Kier molecular flexibility index (Phi) is 7.21. The lowest BCUT2D eigenvalue weighted by Crippen LogP contribution is -2.27. The Labute approximate surface area is 203 Å². The van der Waals surface area contributed by atoms with E-state index in [4.69, 9.17) is 32.9 Å². The molecule has 0 fully saturated rings. The Balaban J connectivity index is 1.72. The largest absolute Gasteiger partial charge is 0.497 e. The van der Waals surface area contributed by atoms with Gasteiger partial charge >= 0.3 is 0 Å². The van der Waals surface area contributed by atoms with Crippen LogP contribution in [0.2, 0.25) is 10.0 Å². The lowest BCUT2D eigenvalue weighted by Gasteiger charge is -2.21. The Hall–Kier alpha value is -3.02. The SMILES string of the molecule is CCC[C@H](C(=O)Nc1ccc(OC)cc1)n1c(Cc2ccc(Cl)c(Cl)c2)nc2ccccc21. The second kappa shape index (κ2) is 10.3. The molecule has 0 bridgehead atoms. The number of benzene rings is 3. The van der Waals surface area contributed by atoms with Gasteiger partial charge in [-0.05, 0) is 60.5 Å². The van der Waals surface area contributed by atoms with Crippen LogP contribution in [0, 0.1) is 0 Å². The lowest BCUT2D eigenvalue weighted by molar-refractivity contribution is -0.119. The highest BCUT2D eigenvalue weighted by atomic mass is 35.5. The van der Waals surface area contributed by atoms with Crippen molar-refractivity contribution in [1.82, 2.24) is 9.55 Å². The standard InChI is InChI=1S/C26H25Cl2N3O2/c1-3-6-24(26(32)29-18-10-12-19(33-2)13-11-18)31-23-8-5-4-7-22(23)30-25(31)16-17-9-14-20(27)21(28)15-17/h4-5,7-15,24H,3,6,16H2,1-2H3,(H,29,32)/t24-/m1/s1. The van der Waals surface area contributed by atoms with E-state index in [1.54, 1.807) is 13.2 Å². The van der Waals surface area contributed by atoms with Gasteiger partial charge in [0.05, 0.1) is 28.2 Å². The fourth-order valence-corrected chi connectivity index (χ4v) is 4.27. The number of ether oxygens (including phenoxy) is 1. The average Bonchev–Trinajstić information content (AvgIpc) is 3.17. The number of methoxy groups -OCH3 is 1. The first-order chi connectivity index (χ1) is 16.0. The molecule has 1 aromatic heterocycles. The molecule has 7 heteroatoms. The molecule has 0 aliphatic carbocycles. The number of hydrogen-bond acceptors (Lipinski definition) is 3. The van der Waals surface area contributed by atoms with Crippen molar-refractivity contribution in [1.29, 1.82) is 0 Å². The Morgan fingerprint density at radius 1 is 1.06 bits per heavy atom. The first-order valence-electron chi connectivity index (χ1n) is 10.8. The predicted octanol–water partition coefficient (Wildman–Crippen LogP) is 6.92. The first kappa shape index (κ1) is 23.1. The Morgan fingerprint density at radius 2 is 1.82 bits per heavy atom. The van der Waals surface area contributed by atoms with Gasteiger partial charge < -0.3 is 14.6 Å². The number of carbonyl (C=O) groups is 1. The molecule has 0 aliphatic heterocycles. The molecule has 0 radical (unpaired) electrons. The maximum absolute atomic E-state index is 13.5.